The number of nitrogens with zero attached hydrogens (tertiary/aromatic N) is 1. The van der Waals surface area contributed by atoms with E-state index in [0.717, 1.165) is 0 Å². The van der Waals surface area contributed by atoms with Crippen LogP contribution in [0.3, 0.4) is 0 Å². The number of carbonyl (C=O) groups is 2. The molecule has 1 unspecified atom stereocenters. The number of carbonyl (C=O) groups excluding carboxylic acids is 2. The fourth-order valence-electron chi connectivity index (χ4n) is 2.40. The van der Waals surface area contributed by atoms with Crippen LogP contribution in [0.1, 0.15) is 11.5 Å². The molecule has 1 N–H and O–H groups in total. The topological polar surface area (TPSA) is 79.2 Å². The van der Waals surface area contributed by atoms with E-state index in [-0.39, 0.29) is 0 Å². The fourth-order valence-corrected chi connectivity index (χ4v) is 3.12. The minimum absolute atomic E-state index is 0.338. The molecule has 0 fully saturated rings. The maximum absolute atomic E-state index is 12.3. The van der Waals surface area contributed by atoms with E-state index in [2.05, 4.69) is 11.4 Å². The smallest absolute Gasteiger partial charge is 0.319 e. The number of thioether (sulfide) groups is 1. The standard InChI is InChI=1S/C15H13ClN2O3S/c1-21-15(20)12-11(8-3-5-9(16)6-4-8)10(7-17)14(22-2)18-13(12)19/h3-6,11-12H,1-2H3,(H,18,19)/t11?,12-/m0/s1. The number of nitriles is 1. The van der Waals surface area contributed by atoms with E-state index < -0.39 is 23.7 Å². The van der Waals surface area contributed by atoms with Gasteiger partial charge in [-0.15, -0.1) is 11.8 Å². The van der Waals surface area contributed by atoms with Gasteiger partial charge in [-0.05, 0) is 24.0 Å². The molecule has 0 aromatic heterocycles. The van der Waals surface area contributed by atoms with Gasteiger partial charge in [0, 0.05) is 10.9 Å². The summed E-state index contributed by atoms with van der Waals surface area (Å²) in [5, 5.41) is 13.1. The average Bonchev–Trinajstić information content (AvgIpc) is 2.53. The lowest BCUT2D eigenvalue weighted by Crippen LogP contribution is -2.44. The summed E-state index contributed by atoms with van der Waals surface area (Å²) in [6, 6.07) is 8.83. The van der Waals surface area contributed by atoms with Gasteiger partial charge in [-0.1, -0.05) is 23.7 Å². The first-order valence-corrected chi connectivity index (χ1v) is 7.96. The van der Waals surface area contributed by atoms with Gasteiger partial charge in [-0.3, -0.25) is 9.59 Å². The molecular formula is C15H13ClN2O3S. The Morgan fingerprint density at radius 3 is 2.55 bits per heavy atom. The highest BCUT2D eigenvalue weighted by Gasteiger charge is 2.44. The fraction of sp³-hybridized carbons (Fsp3) is 0.267. The molecule has 114 valence electrons. The average molecular weight is 337 g/mol. The molecule has 22 heavy (non-hydrogen) atoms. The van der Waals surface area contributed by atoms with Crippen molar-refractivity contribution in [3.05, 3.63) is 45.5 Å². The number of allylic oxidation sites excluding steroid dienone is 1. The highest BCUT2D eigenvalue weighted by Crippen LogP contribution is 2.39. The lowest BCUT2D eigenvalue weighted by Gasteiger charge is -2.30. The molecule has 2 rings (SSSR count). The maximum atomic E-state index is 12.3. The second-order valence-corrected chi connectivity index (χ2v) is 5.83. The first kappa shape index (κ1) is 16.4. The quantitative estimate of drug-likeness (QED) is 0.677. The van der Waals surface area contributed by atoms with Gasteiger partial charge < -0.3 is 10.1 Å². The van der Waals surface area contributed by atoms with Crippen LogP contribution in [0.2, 0.25) is 5.02 Å². The Kier molecular flexibility index (Phi) is 5.11. The number of ether oxygens (including phenoxy) is 1. The third-order valence-electron chi connectivity index (χ3n) is 3.42. The zero-order valence-corrected chi connectivity index (χ0v) is 13.5. The van der Waals surface area contributed by atoms with Gasteiger partial charge >= 0.3 is 5.97 Å². The predicted octanol–water partition coefficient (Wildman–Crippen LogP) is 2.44. The summed E-state index contributed by atoms with van der Waals surface area (Å²) in [6.45, 7) is 0. The van der Waals surface area contributed by atoms with Gasteiger partial charge in [-0.25, -0.2) is 0 Å². The molecule has 0 aliphatic carbocycles. The molecule has 1 amide bonds. The number of benzene rings is 1. The van der Waals surface area contributed by atoms with Crippen molar-refractivity contribution in [2.24, 2.45) is 5.92 Å². The Morgan fingerprint density at radius 1 is 1.41 bits per heavy atom. The van der Waals surface area contributed by atoms with E-state index in [1.807, 2.05) is 0 Å². The maximum Gasteiger partial charge on any atom is 0.319 e. The third kappa shape index (κ3) is 2.96. The summed E-state index contributed by atoms with van der Waals surface area (Å²) in [7, 11) is 1.22. The summed E-state index contributed by atoms with van der Waals surface area (Å²) in [4.78, 5) is 24.3. The van der Waals surface area contributed by atoms with Gasteiger partial charge in [0.05, 0.1) is 23.8 Å². The van der Waals surface area contributed by atoms with Gasteiger partial charge in [0.15, 0.2) is 0 Å². The van der Waals surface area contributed by atoms with Gasteiger partial charge in [0.25, 0.3) is 0 Å². The van der Waals surface area contributed by atoms with Crippen LogP contribution in [0.5, 0.6) is 0 Å². The summed E-state index contributed by atoms with van der Waals surface area (Å²) in [5.74, 6) is -2.94. The van der Waals surface area contributed by atoms with Crippen LogP contribution in [0.15, 0.2) is 34.9 Å². The van der Waals surface area contributed by atoms with Crippen molar-refractivity contribution >= 4 is 35.2 Å². The molecule has 1 heterocycles. The van der Waals surface area contributed by atoms with Gasteiger partial charge in [0.2, 0.25) is 5.91 Å². The van der Waals surface area contributed by atoms with E-state index in [9.17, 15) is 14.9 Å². The van der Waals surface area contributed by atoms with Crippen molar-refractivity contribution in [2.45, 2.75) is 5.92 Å². The summed E-state index contributed by atoms with van der Waals surface area (Å²) >= 11 is 7.13. The van der Waals surface area contributed by atoms with Crippen molar-refractivity contribution in [1.29, 1.82) is 5.26 Å². The number of methoxy groups -OCH3 is 1. The monoisotopic (exact) mass is 336 g/mol. The second kappa shape index (κ2) is 6.86. The molecule has 0 saturated heterocycles. The molecule has 0 saturated carbocycles. The van der Waals surface area contributed by atoms with Gasteiger partial charge in [-0.2, -0.15) is 5.26 Å². The molecule has 1 aromatic rings. The van der Waals surface area contributed by atoms with Gasteiger partial charge in [0.1, 0.15) is 5.92 Å². The van der Waals surface area contributed by atoms with Crippen molar-refractivity contribution < 1.29 is 14.3 Å². The van der Waals surface area contributed by atoms with E-state index in [1.165, 1.54) is 18.9 Å². The number of esters is 1. The Bertz CT molecular complexity index is 679. The molecule has 1 aliphatic heterocycles. The van der Waals surface area contributed by atoms with E-state index >= 15 is 0 Å². The number of rotatable bonds is 3. The molecule has 2 atom stereocenters. The zero-order chi connectivity index (χ0) is 16.3. The Morgan fingerprint density at radius 2 is 2.05 bits per heavy atom. The number of hydrogen-bond donors (Lipinski definition) is 1. The van der Waals surface area contributed by atoms with Crippen molar-refractivity contribution in [2.75, 3.05) is 13.4 Å². The highest BCUT2D eigenvalue weighted by atomic mass is 35.5. The summed E-state index contributed by atoms with van der Waals surface area (Å²) in [5.41, 5.74) is 1.00. The minimum Gasteiger partial charge on any atom is -0.468 e. The molecule has 7 heteroatoms. The van der Waals surface area contributed by atoms with E-state index in [1.54, 1.807) is 30.5 Å². The van der Waals surface area contributed by atoms with Crippen LogP contribution in [0.25, 0.3) is 0 Å². The lowest BCUT2D eigenvalue weighted by molar-refractivity contribution is -0.150. The van der Waals surface area contributed by atoms with Crippen LogP contribution in [-0.2, 0) is 14.3 Å². The SMILES string of the molecule is COC(=O)[C@@H]1C(=O)NC(SC)=C(C#N)C1c1ccc(Cl)cc1. The minimum atomic E-state index is -1.10. The zero-order valence-electron chi connectivity index (χ0n) is 11.9. The Balaban J connectivity index is 2.62. The number of hydrogen-bond acceptors (Lipinski definition) is 5. The predicted molar refractivity (Wildman–Crippen MR) is 84.0 cm³/mol. The van der Waals surface area contributed by atoms with Crippen molar-refractivity contribution in [1.82, 2.24) is 5.32 Å². The summed E-state index contributed by atoms with van der Waals surface area (Å²) in [6.07, 6.45) is 1.75. The third-order valence-corrected chi connectivity index (χ3v) is 4.40. The molecule has 0 bridgehead atoms. The summed E-state index contributed by atoms with van der Waals surface area (Å²) < 4.78 is 4.73. The Hall–Kier alpha value is -1.97. The van der Waals surface area contributed by atoms with Crippen molar-refractivity contribution in [3.63, 3.8) is 0 Å². The van der Waals surface area contributed by atoms with Crippen LogP contribution in [0.4, 0.5) is 0 Å². The molecule has 0 spiro atoms. The van der Waals surface area contributed by atoms with Crippen LogP contribution < -0.4 is 5.32 Å². The molecule has 5 nitrogen and oxygen atoms in total. The van der Waals surface area contributed by atoms with E-state index in [0.29, 0.717) is 21.2 Å². The first-order chi connectivity index (χ1) is 10.5. The molecule has 0 radical (unpaired) electrons. The van der Waals surface area contributed by atoms with E-state index in [4.69, 9.17) is 16.3 Å². The first-order valence-electron chi connectivity index (χ1n) is 6.35. The molecule has 1 aromatic carbocycles. The van der Waals surface area contributed by atoms with Crippen LogP contribution in [0, 0.1) is 17.2 Å². The lowest BCUT2D eigenvalue weighted by atomic mass is 9.78. The van der Waals surface area contributed by atoms with Crippen molar-refractivity contribution in [3.8, 4) is 6.07 Å². The number of halogens is 1. The molecular weight excluding hydrogens is 324 g/mol. The Labute approximate surface area is 137 Å². The number of amides is 1. The largest absolute Gasteiger partial charge is 0.468 e. The normalized spacial score (nSPS) is 21.1. The highest BCUT2D eigenvalue weighted by molar-refractivity contribution is 8.02. The molecule has 1 aliphatic rings. The van der Waals surface area contributed by atoms with Crippen LogP contribution >= 0.6 is 23.4 Å². The van der Waals surface area contributed by atoms with Crippen LogP contribution in [-0.4, -0.2) is 25.2 Å². The second-order valence-electron chi connectivity index (χ2n) is 4.58. The number of nitrogens with one attached hydrogen (secondary N) is 1.